The van der Waals surface area contributed by atoms with Gasteiger partial charge in [-0.3, -0.25) is 0 Å². The lowest BCUT2D eigenvalue weighted by Crippen LogP contribution is -2.21. The van der Waals surface area contributed by atoms with Crippen LogP contribution in [0.25, 0.3) is 11.3 Å². The number of hydrogen-bond donors (Lipinski definition) is 3. The molecule has 1 aromatic heterocycles. The molecule has 0 aliphatic heterocycles. The highest BCUT2D eigenvalue weighted by Crippen LogP contribution is 2.29. The van der Waals surface area contributed by atoms with E-state index in [1.807, 2.05) is 18.2 Å². The molecule has 164 valence electrons. The van der Waals surface area contributed by atoms with Crippen molar-refractivity contribution in [1.29, 1.82) is 0 Å². The van der Waals surface area contributed by atoms with Gasteiger partial charge in [0.05, 0.1) is 12.3 Å². The molecule has 1 heterocycles. The number of alkyl halides is 3. The van der Waals surface area contributed by atoms with Gasteiger partial charge in [0.25, 0.3) is 0 Å². The fourth-order valence-electron chi connectivity index (χ4n) is 2.71. The standard InChI is InChI=1S/C21H20ClF3N4O2/c1-13(12-30)27-20-28-18(15-5-3-7-17(9-15)31-21(23,24)25)10-19(29-20)26-11-14-4-2-6-16(22)8-14/h2-10,13,30H,11-12H2,1H3,(H2,26,27,28,29)/t13-/m1/s1. The smallest absolute Gasteiger partial charge is 0.406 e. The lowest BCUT2D eigenvalue weighted by molar-refractivity contribution is -0.274. The second-order valence-corrected chi connectivity index (χ2v) is 7.19. The summed E-state index contributed by atoms with van der Waals surface area (Å²) in [6, 6.07) is 14.1. The molecule has 0 saturated carbocycles. The van der Waals surface area contributed by atoms with Crippen LogP contribution in [0, 0.1) is 0 Å². The second-order valence-electron chi connectivity index (χ2n) is 6.75. The first-order valence-corrected chi connectivity index (χ1v) is 9.70. The summed E-state index contributed by atoms with van der Waals surface area (Å²) >= 11 is 6.01. The number of hydrogen-bond acceptors (Lipinski definition) is 6. The molecule has 0 amide bonds. The summed E-state index contributed by atoms with van der Waals surface area (Å²) in [5.41, 5.74) is 1.71. The predicted molar refractivity (Wildman–Crippen MR) is 113 cm³/mol. The molecule has 0 aliphatic rings. The molecule has 0 unspecified atom stereocenters. The van der Waals surface area contributed by atoms with Crippen LogP contribution in [0.5, 0.6) is 5.75 Å². The molecular weight excluding hydrogens is 433 g/mol. The number of aromatic nitrogens is 2. The maximum Gasteiger partial charge on any atom is 0.573 e. The average molecular weight is 453 g/mol. The van der Waals surface area contributed by atoms with Crippen molar-refractivity contribution in [3.63, 3.8) is 0 Å². The van der Waals surface area contributed by atoms with E-state index in [4.69, 9.17) is 11.6 Å². The van der Waals surface area contributed by atoms with Crippen LogP contribution in [0.3, 0.4) is 0 Å². The highest BCUT2D eigenvalue weighted by atomic mass is 35.5. The van der Waals surface area contributed by atoms with Gasteiger partial charge in [0, 0.05) is 29.2 Å². The number of halogens is 4. The van der Waals surface area contributed by atoms with Crippen molar-refractivity contribution >= 4 is 23.4 Å². The number of nitrogens with one attached hydrogen (secondary N) is 2. The van der Waals surface area contributed by atoms with E-state index < -0.39 is 6.36 Å². The minimum atomic E-state index is -4.79. The van der Waals surface area contributed by atoms with Crippen LogP contribution >= 0.6 is 11.6 Å². The first-order valence-electron chi connectivity index (χ1n) is 9.33. The summed E-state index contributed by atoms with van der Waals surface area (Å²) in [7, 11) is 0. The van der Waals surface area contributed by atoms with Gasteiger partial charge in [0.2, 0.25) is 5.95 Å². The Hall–Kier alpha value is -3.04. The molecule has 0 spiro atoms. The third-order valence-corrected chi connectivity index (χ3v) is 4.34. The Kier molecular flexibility index (Phi) is 7.19. The van der Waals surface area contributed by atoms with E-state index in [-0.39, 0.29) is 24.3 Å². The topological polar surface area (TPSA) is 79.3 Å². The number of aliphatic hydroxyl groups excluding tert-OH is 1. The van der Waals surface area contributed by atoms with Crippen LogP contribution < -0.4 is 15.4 Å². The third kappa shape index (κ3) is 7.01. The van der Waals surface area contributed by atoms with Crippen LogP contribution in [0.1, 0.15) is 12.5 Å². The molecule has 10 heteroatoms. The van der Waals surface area contributed by atoms with Gasteiger partial charge in [0.1, 0.15) is 11.6 Å². The molecule has 31 heavy (non-hydrogen) atoms. The molecule has 0 fully saturated rings. The Morgan fingerprint density at radius 1 is 1.10 bits per heavy atom. The van der Waals surface area contributed by atoms with Crippen LogP contribution in [-0.2, 0) is 6.54 Å². The van der Waals surface area contributed by atoms with E-state index in [1.165, 1.54) is 18.2 Å². The zero-order valence-corrected chi connectivity index (χ0v) is 17.2. The molecule has 0 saturated heterocycles. The Bertz CT molecular complexity index is 1030. The van der Waals surface area contributed by atoms with Crippen molar-refractivity contribution in [2.75, 3.05) is 17.2 Å². The Balaban J connectivity index is 1.90. The predicted octanol–water partition coefficient (Wildman–Crippen LogP) is 5.10. The van der Waals surface area contributed by atoms with E-state index in [0.717, 1.165) is 5.56 Å². The van der Waals surface area contributed by atoms with Gasteiger partial charge < -0.3 is 20.5 Å². The molecule has 0 aliphatic carbocycles. The number of ether oxygens (including phenoxy) is 1. The molecular formula is C21H20ClF3N4O2. The van der Waals surface area contributed by atoms with Crippen LogP contribution in [0.4, 0.5) is 24.9 Å². The van der Waals surface area contributed by atoms with Crippen LogP contribution in [-0.4, -0.2) is 34.1 Å². The summed E-state index contributed by atoms with van der Waals surface area (Å²) in [5.74, 6) is 0.310. The van der Waals surface area contributed by atoms with E-state index in [0.29, 0.717) is 28.6 Å². The van der Waals surface area contributed by atoms with Gasteiger partial charge >= 0.3 is 6.36 Å². The molecule has 3 rings (SSSR count). The second kappa shape index (κ2) is 9.84. The first kappa shape index (κ1) is 22.6. The van der Waals surface area contributed by atoms with Crippen LogP contribution in [0.15, 0.2) is 54.6 Å². The zero-order valence-electron chi connectivity index (χ0n) is 16.4. The lowest BCUT2D eigenvalue weighted by atomic mass is 10.1. The zero-order chi connectivity index (χ0) is 22.4. The van der Waals surface area contributed by atoms with Crippen molar-refractivity contribution < 1.29 is 23.0 Å². The summed E-state index contributed by atoms with van der Waals surface area (Å²) in [5, 5.41) is 16.0. The van der Waals surface area contributed by atoms with Crippen LogP contribution in [0.2, 0.25) is 5.02 Å². The number of rotatable bonds is 8. The van der Waals surface area contributed by atoms with Gasteiger partial charge in [-0.2, -0.15) is 4.98 Å². The van der Waals surface area contributed by atoms with Gasteiger partial charge in [-0.1, -0.05) is 35.9 Å². The molecule has 3 aromatic rings. The largest absolute Gasteiger partial charge is 0.573 e. The fourth-order valence-corrected chi connectivity index (χ4v) is 2.92. The van der Waals surface area contributed by atoms with E-state index in [9.17, 15) is 18.3 Å². The van der Waals surface area contributed by atoms with Crippen molar-refractivity contribution in [2.45, 2.75) is 25.9 Å². The number of nitrogens with zero attached hydrogens (tertiary/aromatic N) is 2. The Morgan fingerprint density at radius 3 is 2.58 bits per heavy atom. The minimum Gasteiger partial charge on any atom is -0.406 e. The van der Waals surface area contributed by atoms with Crippen molar-refractivity contribution in [3.8, 4) is 17.0 Å². The molecule has 3 N–H and O–H groups in total. The quantitative estimate of drug-likeness (QED) is 0.441. The van der Waals surface area contributed by atoms with Crippen molar-refractivity contribution in [1.82, 2.24) is 9.97 Å². The summed E-state index contributed by atoms with van der Waals surface area (Å²) in [4.78, 5) is 8.74. The van der Waals surface area contributed by atoms with Crippen molar-refractivity contribution in [3.05, 3.63) is 65.2 Å². The van der Waals surface area contributed by atoms with Gasteiger partial charge in [0.15, 0.2) is 0 Å². The van der Waals surface area contributed by atoms with Gasteiger partial charge in [-0.25, -0.2) is 4.98 Å². The SMILES string of the molecule is C[C@H](CO)Nc1nc(NCc2cccc(Cl)c2)cc(-c2cccc(OC(F)(F)F)c2)n1. The van der Waals surface area contributed by atoms with Gasteiger partial charge in [-0.05, 0) is 36.8 Å². The highest BCUT2D eigenvalue weighted by molar-refractivity contribution is 6.30. The van der Waals surface area contributed by atoms with E-state index in [2.05, 4.69) is 25.3 Å². The molecule has 6 nitrogen and oxygen atoms in total. The summed E-state index contributed by atoms with van der Waals surface area (Å²) in [6.07, 6.45) is -4.79. The average Bonchev–Trinajstić information content (AvgIpc) is 2.71. The number of benzene rings is 2. The summed E-state index contributed by atoms with van der Waals surface area (Å²) < 4.78 is 41.7. The minimum absolute atomic E-state index is 0.145. The Labute approximate surface area is 182 Å². The Morgan fingerprint density at radius 2 is 1.87 bits per heavy atom. The summed E-state index contributed by atoms with van der Waals surface area (Å²) in [6.45, 7) is 2.02. The fraction of sp³-hybridized carbons (Fsp3) is 0.238. The lowest BCUT2D eigenvalue weighted by Gasteiger charge is -2.15. The molecule has 1 atom stereocenters. The van der Waals surface area contributed by atoms with Gasteiger partial charge in [-0.15, -0.1) is 13.2 Å². The molecule has 2 aromatic carbocycles. The maximum absolute atomic E-state index is 12.6. The normalized spacial score (nSPS) is 12.3. The monoisotopic (exact) mass is 452 g/mol. The number of anilines is 2. The van der Waals surface area contributed by atoms with E-state index >= 15 is 0 Å². The molecule has 0 radical (unpaired) electrons. The maximum atomic E-state index is 12.6. The third-order valence-electron chi connectivity index (χ3n) is 4.10. The van der Waals surface area contributed by atoms with Crippen molar-refractivity contribution in [2.24, 2.45) is 0 Å². The highest BCUT2D eigenvalue weighted by Gasteiger charge is 2.31. The molecule has 0 bridgehead atoms. The number of aliphatic hydroxyl groups is 1. The first-order chi connectivity index (χ1) is 14.7. The van der Waals surface area contributed by atoms with E-state index in [1.54, 1.807) is 25.1 Å².